The minimum atomic E-state index is 0.0576. The van der Waals surface area contributed by atoms with Crippen LogP contribution in [-0.4, -0.2) is 24.5 Å². The quantitative estimate of drug-likeness (QED) is 0.687. The first-order valence-corrected chi connectivity index (χ1v) is 5.92. The van der Waals surface area contributed by atoms with Gasteiger partial charge in [0.2, 0.25) is 16.5 Å². The van der Waals surface area contributed by atoms with Crippen molar-refractivity contribution in [2.75, 3.05) is 0 Å². The summed E-state index contributed by atoms with van der Waals surface area (Å²) in [4.78, 5) is 16.3. The molecule has 0 unspecified atom stereocenters. The van der Waals surface area contributed by atoms with Crippen molar-refractivity contribution in [3.05, 3.63) is 40.7 Å². The van der Waals surface area contributed by atoms with Crippen LogP contribution < -0.4 is 0 Å². The summed E-state index contributed by atoms with van der Waals surface area (Å²) < 4.78 is 1.79. The number of halogens is 2. The van der Waals surface area contributed by atoms with Crippen molar-refractivity contribution in [2.24, 2.45) is 0 Å². The molecule has 0 saturated heterocycles. The Labute approximate surface area is 112 Å². The Morgan fingerprint density at radius 2 is 1.61 bits per heavy atom. The van der Waals surface area contributed by atoms with Gasteiger partial charge in [0.05, 0.1) is 11.0 Å². The van der Waals surface area contributed by atoms with Crippen molar-refractivity contribution in [3.63, 3.8) is 0 Å². The highest BCUT2D eigenvalue weighted by Gasteiger charge is 2.12. The zero-order valence-corrected chi connectivity index (χ0v) is 10.8. The second-order valence-electron chi connectivity index (χ2n) is 3.66. The molecule has 7 heteroatoms. The normalized spacial score (nSPS) is 11.1. The summed E-state index contributed by atoms with van der Waals surface area (Å²) in [5.41, 5.74) is 1.76. The maximum absolute atomic E-state index is 5.79. The number of rotatable bonds is 1. The van der Waals surface area contributed by atoms with E-state index in [1.807, 2.05) is 31.2 Å². The van der Waals surface area contributed by atoms with E-state index in [1.54, 1.807) is 4.57 Å². The van der Waals surface area contributed by atoms with E-state index in [0.717, 1.165) is 16.9 Å². The highest BCUT2D eigenvalue weighted by molar-refractivity contribution is 6.31. The van der Waals surface area contributed by atoms with Gasteiger partial charge in [-0.25, -0.2) is 4.98 Å². The van der Waals surface area contributed by atoms with Gasteiger partial charge < -0.3 is 0 Å². The minimum absolute atomic E-state index is 0.0576. The fourth-order valence-electron chi connectivity index (χ4n) is 1.82. The molecule has 0 spiro atoms. The second kappa shape index (κ2) is 4.19. The van der Waals surface area contributed by atoms with E-state index in [0.29, 0.717) is 5.95 Å². The number of para-hydroxylation sites is 2. The van der Waals surface area contributed by atoms with Crippen LogP contribution in [0.15, 0.2) is 24.3 Å². The number of aromatic nitrogens is 5. The van der Waals surface area contributed by atoms with Crippen LogP contribution in [-0.2, 0) is 0 Å². The van der Waals surface area contributed by atoms with Crippen molar-refractivity contribution < 1.29 is 0 Å². The summed E-state index contributed by atoms with van der Waals surface area (Å²) in [5.74, 6) is 1.13. The summed E-state index contributed by atoms with van der Waals surface area (Å²) >= 11 is 11.6. The first kappa shape index (κ1) is 11.4. The number of fused-ring (bicyclic) bond motifs is 1. The molecule has 0 aliphatic heterocycles. The largest absolute Gasteiger partial charge is 0.264 e. The predicted octanol–water partition coefficient (Wildman–Crippen LogP) is 2.83. The number of hydrogen-bond acceptors (Lipinski definition) is 4. The SMILES string of the molecule is Cc1nc2ccccc2n1-c1nc(Cl)nc(Cl)n1. The summed E-state index contributed by atoms with van der Waals surface area (Å²) in [5, 5.41) is 0.115. The second-order valence-corrected chi connectivity index (χ2v) is 4.33. The molecule has 0 saturated carbocycles. The van der Waals surface area contributed by atoms with Crippen LogP contribution in [0.2, 0.25) is 10.6 Å². The van der Waals surface area contributed by atoms with Crippen molar-refractivity contribution in [1.29, 1.82) is 0 Å². The van der Waals surface area contributed by atoms with Gasteiger partial charge >= 0.3 is 0 Å². The fourth-order valence-corrected chi connectivity index (χ4v) is 2.17. The molecule has 0 atom stereocenters. The van der Waals surface area contributed by atoms with E-state index >= 15 is 0 Å². The molecule has 5 nitrogen and oxygen atoms in total. The Hall–Kier alpha value is -1.72. The van der Waals surface area contributed by atoms with Crippen LogP contribution in [0, 0.1) is 6.92 Å². The van der Waals surface area contributed by atoms with Gasteiger partial charge in [-0.05, 0) is 42.3 Å². The van der Waals surface area contributed by atoms with Gasteiger partial charge in [0.1, 0.15) is 5.82 Å². The molecule has 0 fully saturated rings. The van der Waals surface area contributed by atoms with Crippen LogP contribution >= 0.6 is 23.2 Å². The lowest BCUT2D eigenvalue weighted by Crippen LogP contribution is -2.04. The van der Waals surface area contributed by atoms with Crippen LogP contribution in [0.25, 0.3) is 17.0 Å². The van der Waals surface area contributed by atoms with Gasteiger partial charge in [0.15, 0.2) is 0 Å². The van der Waals surface area contributed by atoms with Crippen molar-refractivity contribution in [3.8, 4) is 5.95 Å². The molecule has 3 aromatic rings. The maximum atomic E-state index is 5.79. The van der Waals surface area contributed by atoms with Crippen molar-refractivity contribution >= 4 is 34.2 Å². The Balaban J connectivity index is 2.34. The smallest absolute Gasteiger partial charge is 0.241 e. The van der Waals surface area contributed by atoms with E-state index < -0.39 is 0 Å². The zero-order chi connectivity index (χ0) is 12.7. The number of hydrogen-bond donors (Lipinski definition) is 0. The first-order valence-electron chi connectivity index (χ1n) is 5.16. The summed E-state index contributed by atoms with van der Waals surface area (Å²) in [7, 11) is 0. The first-order chi connectivity index (χ1) is 8.65. The van der Waals surface area contributed by atoms with Crippen molar-refractivity contribution in [2.45, 2.75) is 6.92 Å². The molecule has 0 N–H and O–H groups in total. The Morgan fingerprint density at radius 3 is 2.33 bits per heavy atom. The van der Waals surface area contributed by atoms with Crippen molar-refractivity contribution in [1.82, 2.24) is 24.5 Å². The third kappa shape index (κ3) is 1.81. The molecular formula is C11H7Cl2N5. The molecule has 0 amide bonds. The van der Waals surface area contributed by atoms with Gasteiger partial charge in [-0.1, -0.05) is 12.1 Å². The van der Waals surface area contributed by atoms with E-state index in [9.17, 15) is 0 Å². The number of benzene rings is 1. The Morgan fingerprint density at radius 1 is 0.944 bits per heavy atom. The topological polar surface area (TPSA) is 56.5 Å². The molecule has 2 aromatic heterocycles. The van der Waals surface area contributed by atoms with Crippen LogP contribution in [0.4, 0.5) is 0 Å². The average molecular weight is 280 g/mol. The molecule has 0 aliphatic rings. The van der Waals surface area contributed by atoms with Crippen LogP contribution in [0.3, 0.4) is 0 Å². The number of imidazole rings is 1. The van der Waals surface area contributed by atoms with E-state index in [1.165, 1.54) is 0 Å². The highest BCUT2D eigenvalue weighted by atomic mass is 35.5. The van der Waals surface area contributed by atoms with Gasteiger partial charge in [-0.2, -0.15) is 15.0 Å². The monoisotopic (exact) mass is 279 g/mol. The molecule has 2 heterocycles. The third-order valence-electron chi connectivity index (χ3n) is 2.50. The maximum Gasteiger partial charge on any atom is 0.241 e. The number of nitrogens with zero attached hydrogens (tertiary/aromatic N) is 5. The molecule has 0 bridgehead atoms. The molecule has 0 aliphatic carbocycles. The van der Waals surface area contributed by atoms with Crippen LogP contribution in [0.5, 0.6) is 0 Å². The Bertz CT molecular complexity index is 717. The fraction of sp³-hybridized carbons (Fsp3) is 0.0909. The average Bonchev–Trinajstić information content (AvgIpc) is 2.63. The molecular weight excluding hydrogens is 273 g/mol. The molecule has 18 heavy (non-hydrogen) atoms. The zero-order valence-electron chi connectivity index (χ0n) is 9.30. The molecule has 90 valence electrons. The van der Waals surface area contributed by atoms with Crippen LogP contribution in [0.1, 0.15) is 5.82 Å². The standard InChI is InChI=1S/C11H7Cl2N5/c1-6-14-7-4-2-3-5-8(7)18(6)11-16-9(12)15-10(13)17-11/h2-5H,1H3. The predicted molar refractivity (Wildman–Crippen MR) is 69.2 cm³/mol. The van der Waals surface area contributed by atoms with Gasteiger partial charge in [0.25, 0.3) is 0 Å². The molecule has 1 aromatic carbocycles. The van der Waals surface area contributed by atoms with E-state index in [-0.39, 0.29) is 10.6 Å². The lowest BCUT2D eigenvalue weighted by molar-refractivity contribution is 0.879. The Kier molecular flexibility index (Phi) is 2.65. The number of aryl methyl sites for hydroxylation is 1. The van der Waals surface area contributed by atoms with Gasteiger partial charge in [0, 0.05) is 0 Å². The lowest BCUT2D eigenvalue weighted by Gasteiger charge is -2.04. The molecule has 3 rings (SSSR count). The van der Waals surface area contributed by atoms with E-state index in [4.69, 9.17) is 23.2 Å². The lowest BCUT2D eigenvalue weighted by atomic mass is 10.3. The minimum Gasteiger partial charge on any atom is -0.264 e. The summed E-state index contributed by atoms with van der Waals surface area (Å²) in [6, 6.07) is 7.70. The summed E-state index contributed by atoms with van der Waals surface area (Å²) in [6.45, 7) is 1.87. The molecule has 0 radical (unpaired) electrons. The van der Waals surface area contributed by atoms with Gasteiger partial charge in [-0.3, -0.25) is 4.57 Å². The van der Waals surface area contributed by atoms with Gasteiger partial charge in [-0.15, -0.1) is 0 Å². The highest BCUT2D eigenvalue weighted by Crippen LogP contribution is 2.20. The third-order valence-corrected chi connectivity index (χ3v) is 2.84. The summed E-state index contributed by atoms with van der Waals surface area (Å²) in [6.07, 6.45) is 0. The van der Waals surface area contributed by atoms with E-state index in [2.05, 4.69) is 19.9 Å².